The Kier molecular flexibility index (Phi) is 4.69. The van der Waals surface area contributed by atoms with E-state index in [1.807, 2.05) is 30.3 Å². The summed E-state index contributed by atoms with van der Waals surface area (Å²) in [6, 6.07) is 14.7. The Morgan fingerprint density at radius 3 is 2.60 bits per heavy atom. The molecule has 4 rings (SSSR count). The number of hydrogen-bond donors (Lipinski definition) is 2. The van der Waals surface area contributed by atoms with Crippen LogP contribution >= 0.6 is 0 Å². The van der Waals surface area contributed by atoms with Crippen molar-refractivity contribution in [2.24, 2.45) is 0 Å². The van der Waals surface area contributed by atoms with Gasteiger partial charge >= 0.3 is 6.03 Å². The van der Waals surface area contributed by atoms with E-state index in [1.54, 1.807) is 19.1 Å². The molecule has 0 radical (unpaired) electrons. The number of carbonyl (C=O) groups is 3. The minimum absolute atomic E-state index is 0.371. The predicted octanol–water partition coefficient (Wildman–Crippen LogP) is 3.52. The van der Waals surface area contributed by atoms with Gasteiger partial charge in [-0.05, 0) is 35.4 Å². The smallest absolute Gasteiger partial charge is 0.322 e. The molecule has 0 bridgehead atoms. The van der Waals surface area contributed by atoms with Gasteiger partial charge in [0.2, 0.25) is 5.91 Å². The lowest BCUT2D eigenvalue weighted by atomic mass is 9.88. The lowest BCUT2D eigenvalue weighted by molar-refractivity contribution is -0.133. The van der Waals surface area contributed by atoms with E-state index < -0.39 is 41.6 Å². The second-order valence-electron chi connectivity index (χ2n) is 7.15. The SMILES string of the molecule is C[C@]1(c2cccc3ccccc23)NC(=O)N(CC(=O)Nc2cc(F)ccc2F)C1=O. The van der Waals surface area contributed by atoms with Gasteiger partial charge in [-0.1, -0.05) is 42.5 Å². The molecule has 6 nitrogen and oxygen atoms in total. The molecule has 1 saturated heterocycles. The second-order valence-corrected chi connectivity index (χ2v) is 7.15. The molecule has 0 unspecified atom stereocenters. The molecule has 4 amide bonds. The number of anilines is 1. The Bertz CT molecular complexity index is 1190. The van der Waals surface area contributed by atoms with Crippen LogP contribution in [0.15, 0.2) is 60.7 Å². The number of imide groups is 1. The molecule has 30 heavy (non-hydrogen) atoms. The first-order valence-corrected chi connectivity index (χ1v) is 9.17. The first-order valence-electron chi connectivity index (χ1n) is 9.17. The summed E-state index contributed by atoms with van der Waals surface area (Å²) in [7, 11) is 0. The van der Waals surface area contributed by atoms with Crippen LogP contribution in [0.4, 0.5) is 19.3 Å². The number of benzene rings is 3. The molecule has 1 heterocycles. The predicted molar refractivity (Wildman–Crippen MR) is 107 cm³/mol. The van der Waals surface area contributed by atoms with Crippen LogP contribution in [0, 0.1) is 11.6 Å². The van der Waals surface area contributed by atoms with E-state index in [1.165, 1.54) is 0 Å². The zero-order valence-corrected chi connectivity index (χ0v) is 15.9. The quantitative estimate of drug-likeness (QED) is 0.647. The summed E-state index contributed by atoms with van der Waals surface area (Å²) in [4.78, 5) is 38.7. The van der Waals surface area contributed by atoms with Gasteiger partial charge in [0.1, 0.15) is 23.7 Å². The molecule has 1 aliphatic heterocycles. The van der Waals surface area contributed by atoms with Crippen molar-refractivity contribution in [1.82, 2.24) is 10.2 Å². The van der Waals surface area contributed by atoms with Crippen molar-refractivity contribution in [3.8, 4) is 0 Å². The lowest BCUT2D eigenvalue weighted by Gasteiger charge is -2.24. The number of urea groups is 1. The third-order valence-corrected chi connectivity index (χ3v) is 5.11. The summed E-state index contributed by atoms with van der Waals surface area (Å²) in [6.45, 7) is 0.931. The highest BCUT2D eigenvalue weighted by molar-refractivity contribution is 6.11. The normalized spacial score (nSPS) is 18.6. The van der Waals surface area contributed by atoms with Gasteiger partial charge in [-0.25, -0.2) is 13.6 Å². The Labute approximate surface area is 170 Å². The average Bonchev–Trinajstić information content (AvgIpc) is 2.94. The molecule has 1 fully saturated rings. The number of fused-ring (bicyclic) bond motifs is 1. The number of carbonyl (C=O) groups excluding carboxylic acids is 3. The summed E-state index contributed by atoms with van der Waals surface area (Å²) >= 11 is 0. The molecule has 0 spiro atoms. The molecule has 3 aromatic carbocycles. The zero-order valence-electron chi connectivity index (χ0n) is 15.9. The van der Waals surface area contributed by atoms with E-state index in [0.29, 0.717) is 5.56 Å². The fourth-order valence-corrected chi connectivity index (χ4v) is 3.61. The van der Waals surface area contributed by atoms with Crippen LogP contribution in [0.5, 0.6) is 0 Å². The maximum Gasteiger partial charge on any atom is 0.325 e. The van der Waals surface area contributed by atoms with Crippen LogP contribution in [0.25, 0.3) is 10.8 Å². The van der Waals surface area contributed by atoms with Gasteiger partial charge in [0.05, 0.1) is 5.69 Å². The summed E-state index contributed by atoms with van der Waals surface area (Å²) in [5, 5.41) is 6.53. The Balaban J connectivity index is 1.59. The standard InChI is InChI=1S/C22H17F2N3O3/c1-22(16-8-4-6-13-5-2-3-7-15(13)16)20(29)27(21(30)26-22)12-19(28)25-18-11-14(23)9-10-17(18)24/h2-11H,12H2,1H3,(H,25,28)(H,26,30)/t22-/m1/s1. The highest BCUT2D eigenvalue weighted by Gasteiger charge is 2.50. The maximum absolute atomic E-state index is 13.7. The number of nitrogens with one attached hydrogen (secondary N) is 2. The van der Waals surface area contributed by atoms with Crippen LogP contribution in [0.1, 0.15) is 12.5 Å². The van der Waals surface area contributed by atoms with Crippen LogP contribution in [-0.4, -0.2) is 29.3 Å². The third kappa shape index (κ3) is 3.26. The van der Waals surface area contributed by atoms with Gasteiger partial charge in [-0.3, -0.25) is 14.5 Å². The van der Waals surface area contributed by atoms with Gasteiger partial charge in [0.25, 0.3) is 5.91 Å². The van der Waals surface area contributed by atoms with Crippen molar-refractivity contribution in [3.63, 3.8) is 0 Å². The van der Waals surface area contributed by atoms with Crippen LogP contribution in [0.3, 0.4) is 0 Å². The number of rotatable bonds is 4. The summed E-state index contributed by atoms with van der Waals surface area (Å²) < 4.78 is 27.0. The maximum atomic E-state index is 13.7. The molecule has 1 aliphatic rings. The Morgan fingerprint density at radius 1 is 1.07 bits per heavy atom. The average molecular weight is 409 g/mol. The topological polar surface area (TPSA) is 78.5 Å². The largest absolute Gasteiger partial charge is 0.325 e. The molecule has 0 aliphatic carbocycles. The van der Waals surface area contributed by atoms with Crippen LogP contribution in [-0.2, 0) is 15.1 Å². The van der Waals surface area contributed by atoms with Crippen LogP contribution in [0.2, 0.25) is 0 Å². The molecular formula is C22H17F2N3O3. The van der Waals surface area contributed by atoms with Crippen molar-refractivity contribution in [2.45, 2.75) is 12.5 Å². The molecule has 0 saturated carbocycles. The molecule has 0 aromatic heterocycles. The van der Waals surface area contributed by atoms with Gasteiger partial charge in [0, 0.05) is 6.07 Å². The number of amides is 4. The zero-order chi connectivity index (χ0) is 21.5. The van der Waals surface area contributed by atoms with Gasteiger partial charge < -0.3 is 10.6 Å². The van der Waals surface area contributed by atoms with Crippen molar-refractivity contribution < 1.29 is 23.2 Å². The van der Waals surface area contributed by atoms with Gasteiger partial charge in [-0.15, -0.1) is 0 Å². The molecule has 8 heteroatoms. The molecule has 3 aromatic rings. The fourth-order valence-electron chi connectivity index (χ4n) is 3.61. The van der Waals surface area contributed by atoms with E-state index in [-0.39, 0.29) is 5.69 Å². The van der Waals surface area contributed by atoms with Gasteiger partial charge in [-0.2, -0.15) is 0 Å². The fraction of sp³-hybridized carbons (Fsp3) is 0.136. The van der Waals surface area contributed by atoms with E-state index in [2.05, 4.69) is 10.6 Å². The van der Waals surface area contributed by atoms with Crippen molar-refractivity contribution in [3.05, 3.63) is 77.9 Å². The van der Waals surface area contributed by atoms with E-state index in [4.69, 9.17) is 0 Å². The van der Waals surface area contributed by atoms with E-state index >= 15 is 0 Å². The summed E-state index contributed by atoms with van der Waals surface area (Å²) in [6.07, 6.45) is 0. The van der Waals surface area contributed by atoms with Crippen molar-refractivity contribution >= 4 is 34.3 Å². The molecule has 152 valence electrons. The molecule has 1 atom stereocenters. The first kappa shape index (κ1) is 19.5. The number of hydrogen-bond acceptors (Lipinski definition) is 3. The number of nitrogens with zero attached hydrogens (tertiary/aromatic N) is 1. The minimum Gasteiger partial charge on any atom is -0.322 e. The Hall–Kier alpha value is -3.81. The highest BCUT2D eigenvalue weighted by Crippen LogP contribution is 2.33. The summed E-state index contributed by atoms with van der Waals surface area (Å²) in [5.41, 5.74) is -1.15. The molecular weight excluding hydrogens is 392 g/mol. The highest BCUT2D eigenvalue weighted by atomic mass is 19.1. The lowest BCUT2D eigenvalue weighted by Crippen LogP contribution is -2.42. The molecule has 2 N–H and O–H groups in total. The van der Waals surface area contributed by atoms with E-state index in [9.17, 15) is 23.2 Å². The summed E-state index contributed by atoms with van der Waals surface area (Å²) in [5.74, 6) is -3.00. The number of halogens is 2. The monoisotopic (exact) mass is 409 g/mol. The van der Waals surface area contributed by atoms with Crippen molar-refractivity contribution in [2.75, 3.05) is 11.9 Å². The third-order valence-electron chi connectivity index (χ3n) is 5.11. The second kappa shape index (κ2) is 7.22. The minimum atomic E-state index is -1.37. The van der Waals surface area contributed by atoms with E-state index in [0.717, 1.165) is 33.9 Å². The van der Waals surface area contributed by atoms with Gasteiger partial charge in [0.15, 0.2) is 0 Å². The first-order chi connectivity index (χ1) is 14.3. The Morgan fingerprint density at radius 2 is 1.80 bits per heavy atom. The van der Waals surface area contributed by atoms with Crippen molar-refractivity contribution in [1.29, 1.82) is 0 Å². The van der Waals surface area contributed by atoms with Crippen LogP contribution < -0.4 is 10.6 Å².